The second kappa shape index (κ2) is 41.2. The lowest BCUT2D eigenvalue weighted by molar-refractivity contribution is -0.133. The lowest BCUT2D eigenvalue weighted by atomic mass is 9.81. The number of alkyl carbamates (subject to hydrolysis) is 1. The van der Waals surface area contributed by atoms with Gasteiger partial charge >= 0.3 is 6.09 Å². The summed E-state index contributed by atoms with van der Waals surface area (Å²) in [5.41, 5.74) is 2.77. The molecule has 87 heavy (non-hydrogen) atoms. The Labute approximate surface area is 521 Å². The second-order valence-corrected chi connectivity index (χ2v) is 28.2. The molecule has 1 atom stereocenters. The van der Waals surface area contributed by atoms with Gasteiger partial charge in [0.25, 0.3) is 0 Å². The van der Waals surface area contributed by atoms with E-state index in [0.29, 0.717) is 123 Å². The van der Waals surface area contributed by atoms with E-state index in [1.54, 1.807) is 57.9 Å². The van der Waals surface area contributed by atoms with E-state index in [2.05, 4.69) is 46.7 Å². The molecule has 0 saturated carbocycles. The van der Waals surface area contributed by atoms with E-state index in [1.165, 1.54) is 0 Å². The Morgan fingerprint density at radius 1 is 0.586 bits per heavy atom. The Balaban J connectivity index is 0.000000635. The molecule has 0 saturated heterocycles. The second-order valence-electron chi connectivity index (χ2n) is 26.2. The number of nitrogens with zero attached hydrogens (tertiary/aromatic N) is 6. The topological polar surface area (TPSA) is 257 Å². The van der Waals surface area contributed by atoms with E-state index >= 15 is 0 Å². The molecule has 0 unspecified atom stereocenters. The SMILES string of the molecule is CC(C)CC(=O)CCCNC(=O)OC(C)(C)C.CCC(C)(C)[C@@H](O)C(=O)CCc1cn(CCCC(=O)CC(C)C)nn1.CCCCC(=O)CC(C)C.Cc1ccc(S(=O)(=O)Cc2ccc(C(=O)CCc3cn(CCCC(=O)CC(C)C)nn3)cc2)cc1. The summed E-state index contributed by atoms with van der Waals surface area (Å²) in [4.78, 5) is 82.2. The zero-order valence-electron chi connectivity index (χ0n) is 55.8. The number of ketones is 6. The van der Waals surface area contributed by atoms with Crippen molar-refractivity contribution >= 4 is 50.6 Å². The summed E-state index contributed by atoms with van der Waals surface area (Å²) < 4.78 is 33.8. The fourth-order valence-corrected chi connectivity index (χ4v) is 9.98. The van der Waals surface area contributed by atoms with Crippen LogP contribution in [0.2, 0.25) is 0 Å². The molecule has 2 aromatic carbocycles. The third kappa shape index (κ3) is 37.4. The molecule has 4 rings (SSSR count). The summed E-state index contributed by atoms with van der Waals surface area (Å²) in [7, 11) is -3.45. The molecule has 0 radical (unpaired) electrons. The van der Waals surface area contributed by atoms with Crippen LogP contribution in [0.15, 0.2) is 65.8 Å². The van der Waals surface area contributed by atoms with Crippen molar-refractivity contribution in [2.45, 2.75) is 262 Å². The molecule has 0 bridgehead atoms. The molecule has 488 valence electrons. The third-order valence-corrected chi connectivity index (χ3v) is 15.4. The largest absolute Gasteiger partial charge is 0.444 e. The van der Waals surface area contributed by atoms with Gasteiger partial charge in [0.15, 0.2) is 21.4 Å². The molecule has 2 heterocycles. The van der Waals surface area contributed by atoms with E-state index in [1.807, 2.05) is 102 Å². The molecule has 2 N–H and O–H groups in total. The standard InChI is InChI=1S/C27H33N3O4S.C19H33N3O3.C13H25NO3.C9H18O/c1-20(2)17-25(31)5-4-16-30-18-24(28-29-30)12-15-27(32)23-10-8-22(9-11-23)19-35(33,34)26-13-6-21(3)7-14-26;1-6-19(4,5)18(25)17(24)10-9-15-13-22(21-20-15)11-7-8-16(23)12-14(2)3;1-10(2)9-11(15)7-6-8-14-12(16)17-13(3,4)5;1-4-5-6-9(10)7-8(2)3/h6-11,13-14,18,20H,4-5,12,15-17,19H2,1-3H3;13-14,18,25H,6-12H2,1-5H3;10H,6-9H2,1-5H3,(H,14,16);8H,4-7H2,1-3H3/t;18-;;/m.0../s1. The number of hydrogen-bond donors (Lipinski definition) is 2. The average molecular weight is 1230 g/mol. The number of sulfone groups is 1. The number of carbonyl (C=O) groups is 7. The number of aromatic nitrogens is 6. The lowest BCUT2D eigenvalue weighted by Gasteiger charge is -2.27. The van der Waals surface area contributed by atoms with Gasteiger partial charge in [0.2, 0.25) is 0 Å². The number of rotatable bonds is 36. The van der Waals surface area contributed by atoms with Crippen LogP contribution in [0, 0.1) is 36.0 Å². The Morgan fingerprint density at radius 3 is 1.43 bits per heavy atom. The van der Waals surface area contributed by atoms with Crippen LogP contribution in [-0.4, -0.2) is 103 Å². The predicted octanol–water partition coefficient (Wildman–Crippen LogP) is 13.4. The Morgan fingerprint density at radius 2 is 1.01 bits per heavy atom. The summed E-state index contributed by atoms with van der Waals surface area (Å²) >= 11 is 0. The number of hydrogen-bond acceptors (Lipinski definition) is 15. The fourth-order valence-electron chi connectivity index (χ4n) is 8.63. The van der Waals surface area contributed by atoms with Crippen molar-refractivity contribution in [1.82, 2.24) is 35.3 Å². The smallest absolute Gasteiger partial charge is 0.407 e. The Hall–Kier alpha value is -6.08. The molecule has 0 aliphatic heterocycles. The van der Waals surface area contributed by atoms with Gasteiger partial charge in [-0.05, 0) is 107 Å². The molecule has 2 aromatic heterocycles. The molecular formula is C68H109N7O11S. The number of ether oxygens (including phenoxy) is 1. The molecule has 0 spiro atoms. The first-order chi connectivity index (χ1) is 40.6. The van der Waals surface area contributed by atoms with Crippen LogP contribution in [0.3, 0.4) is 0 Å². The summed E-state index contributed by atoms with van der Waals surface area (Å²) in [5, 5.41) is 29.1. The number of Topliss-reactive ketones (excluding diaryl/α,β-unsaturated/α-hetero) is 6. The van der Waals surface area contributed by atoms with Gasteiger partial charge in [0.1, 0.15) is 34.8 Å². The molecule has 1 amide bonds. The van der Waals surface area contributed by atoms with Crippen LogP contribution in [0.5, 0.6) is 0 Å². The zero-order chi connectivity index (χ0) is 65.9. The van der Waals surface area contributed by atoms with Crippen molar-refractivity contribution in [3.63, 3.8) is 0 Å². The Bertz CT molecular complexity index is 2790. The van der Waals surface area contributed by atoms with Crippen LogP contribution >= 0.6 is 0 Å². The van der Waals surface area contributed by atoms with Gasteiger partial charge in [-0.1, -0.05) is 142 Å². The minimum Gasteiger partial charge on any atom is -0.444 e. The van der Waals surface area contributed by atoms with E-state index in [4.69, 9.17) is 4.74 Å². The highest BCUT2D eigenvalue weighted by atomic mass is 32.2. The molecule has 0 aliphatic carbocycles. The quantitative estimate of drug-likeness (QED) is 0.0317. The molecule has 0 aliphatic rings. The van der Waals surface area contributed by atoms with Gasteiger partial charge in [0.05, 0.1) is 22.0 Å². The number of aryl methyl sites for hydroxylation is 5. The molecule has 18 nitrogen and oxygen atoms in total. The van der Waals surface area contributed by atoms with E-state index in [0.717, 1.165) is 61.9 Å². The minimum absolute atomic E-state index is 0.0354. The predicted molar refractivity (Wildman–Crippen MR) is 344 cm³/mol. The minimum atomic E-state index is -3.45. The summed E-state index contributed by atoms with van der Waals surface area (Å²) in [6.45, 7) is 33.4. The van der Waals surface area contributed by atoms with E-state index < -0.39 is 33.1 Å². The van der Waals surface area contributed by atoms with Crippen LogP contribution < -0.4 is 5.32 Å². The van der Waals surface area contributed by atoms with Gasteiger partial charge in [-0.25, -0.2) is 13.2 Å². The Kier molecular flexibility index (Phi) is 37.4. The monoisotopic (exact) mass is 1230 g/mol. The van der Waals surface area contributed by atoms with E-state index in [-0.39, 0.29) is 47.5 Å². The first-order valence-electron chi connectivity index (χ1n) is 31.6. The first-order valence-corrected chi connectivity index (χ1v) is 33.2. The van der Waals surface area contributed by atoms with Gasteiger partial charge in [-0.2, -0.15) is 0 Å². The van der Waals surface area contributed by atoms with Crippen molar-refractivity contribution in [2.24, 2.45) is 29.1 Å². The molecular weight excluding hydrogens is 1120 g/mol. The maximum absolute atomic E-state index is 12.6. The maximum Gasteiger partial charge on any atom is 0.407 e. The normalized spacial score (nSPS) is 11.9. The maximum atomic E-state index is 12.6. The fraction of sp³-hybridized carbons (Fsp3) is 0.662. The van der Waals surface area contributed by atoms with Crippen LogP contribution in [0.25, 0.3) is 0 Å². The molecule has 0 fully saturated rings. The van der Waals surface area contributed by atoms with Crippen molar-refractivity contribution in [1.29, 1.82) is 0 Å². The van der Waals surface area contributed by atoms with Gasteiger partial charge < -0.3 is 15.2 Å². The zero-order valence-corrected chi connectivity index (χ0v) is 56.7. The lowest BCUT2D eigenvalue weighted by Crippen LogP contribution is -2.36. The van der Waals surface area contributed by atoms with Crippen LogP contribution in [-0.2, 0) is 70.2 Å². The van der Waals surface area contributed by atoms with Crippen LogP contribution in [0.4, 0.5) is 4.79 Å². The summed E-state index contributed by atoms with van der Waals surface area (Å²) in [6.07, 6.45) is 13.8. The number of amides is 1. The third-order valence-electron chi connectivity index (χ3n) is 13.7. The number of carbonyl (C=O) groups excluding carboxylic acids is 7. The summed E-state index contributed by atoms with van der Waals surface area (Å²) in [6, 6.07) is 13.5. The highest BCUT2D eigenvalue weighted by Crippen LogP contribution is 2.26. The summed E-state index contributed by atoms with van der Waals surface area (Å²) in [5.74, 6) is 2.65. The van der Waals surface area contributed by atoms with Gasteiger partial charge in [0, 0.05) is 115 Å². The number of nitrogens with one attached hydrogen (secondary N) is 1. The number of unbranched alkanes of at least 4 members (excludes halogenated alkanes) is 1. The van der Waals surface area contributed by atoms with Crippen molar-refractivity contribution < 1.29 is 51.8 Å². The van der Waals surface area contributed by atoms with Gasteiger partial charge in [-0.3, -0.25) is 38.1 Å². The highest BCUT2D eigenvalue weighted by Gasteiger charge is 2.31. The first kappa shape index (κ1) is 78.9. The van der Waals surface area contributed by atoms with Gasteiger partial charge in [-0.15, -0.1) is 10.2 Å². The highest BCUT2D eigenvalue weighted by molar-refractivity contribution is 7.90. The van der Waals surface area contributed by atoms with Crippen molar-refractivity contribution in [2.75, 3.05) is 6.54 Å². The molecule has 19 heteroatoms. The number of aliphatic hydroxyl groups excluding tert-OH is 1. The number of benzene rings is 2. The van der Waals surface area contributed by atoms with E-state index in [9.17, 15) is 47.1 Å². The molecule has 4 aromatic rings. The van der Waals surface area contributed by atoms with Crippen molar-refractivity contribution in [3.05, 3.63) is 89.0 Å². The average Bonchev–Trinajstić information content (AvgIpc) is 3.44. The number of aliphatic hydroxyl groups is 1. The van der Waals surface area contributed by atoms with Crippen LogP contribution in [0.1, 0.15) is 239 Å². The van der Waals surface area contributed by atoms with Crippen molar-refractivity contribution in [3.8, 4) is 0 Å².